The number of nitrogens with zero attached hydrogens (tertiary/aromatic N) is 3. The van der Waals surface area contributed by atoms with Gasteiger partial charge in [-0.25, -0.2) is 0 Å². The molecule has 36 heavy (non-hydrogen) atoms. The van der Waals surface area contributed by atoms with E-state index in [2.05, 4.69) is 17.0 Å². The van der Waals surface area contributed by atoms with Gasteiger partial charge >= 0.3 is 0 Å². The monoisotopic (exact) mass is 505 g/mol. The highest BCUT2D eigenvalue weighted by atomic mass is 32.1. The van der Waals surface area contributed by atoms with Crippen LogP contribution >= 0.6 is 11.3 Å². The highest BCUT2D eigenvalue weighted by Gasteiger charge is 2.12. The van der Waals surface area contributed by atoms with Gasteiger partial charge in [0.2, 0.25) is 4.96 Å². The zero-order valence-electron chi connectivity index (χ0n) is 20.7. The van der Waals surface area contributed by atoms with Crippen molar-refractivity contribution in [3.8, 4) is 11.5 Å². The van der Waals surface area contributed by atoms with Crippen LogP contribution in [0.5, 0.6) is 11.5 Å². The Kier molecular flexibility index (Phi) is 8.84. The number of methoxy groups -OCH3 is 1. The number of unbranched alkanes of at least 4 members (excludes halogenated alkanes) is 5. The third kappa shape index (κ3) is 6.37. The summed E-state index contributed by atoms with van der Waals surface area (Å²) in [5.74, 6) is 1.29. The molecule has 4 aromatic rings. The first kappa shape index (κ1) is 25.6. The second-order valence-corrected chi connectivity index (χ2v) is 9.67. The second-order valence-electron chi connectivity index (χ2n) is 8.66. The number of hydrogen-bond donors (Lipinski definition) is 0. The summed E-state index contributed by atoms with van der Waals surface area (Å²) < 4.78 is 13.1. The summed E-state index contributed by atoms with van der Waals surface area (Å²) in [4.78, 5) is 29.9. The first-order chi connectivity index (χ1) is 17.6. The number of aromatic nitrogens is 3. The zero-order valence-corrected chi connectivity index (χ0v) is 21.6. The maximum Gasteiger partial charge on any atom is 0.296 e. The molecule has 0 saturated heterocycles. The van der Waals surface area contributed by atoms with Gasteiger partial charge in [-0.05, 0) is 35.8 Å². The highest BCUT2D eigenvalue weighted by Crippen LogP contribution is 2.28. The fourth-order valence-electron chi connectivity index (χ4n) is 3.95. The van der Waals surface area contributed by atoms with E-state index in [1.54, 1.807) is 13.2 Å². The normalized spacial score (nSPS) is 11.8. The molecule has 0 saturated carbocycles. The number of hydrogen-bond acceptors (Lipinski definition) is 7. The average molecular weight is 506 g/mol. The Bertz CT molecular complexity index is 1460. The van der Waals surface area contributed by atoms with Crippen LogP contribution in [-0.4, -0.2) is 28.3 Å². The van der Waals surface area contributed by atoms with E-state index >= 15 is 0 Å². The van der Waals surface area contributed by atoms with Crippen LogP contribution in [0, 0.1) is 0 Å². The first-order valence-electron chi connectivity index (χ1n) is 12.4. The summed E-state index contributed by atoms with van der Waals surface area (Å²) >= 11 is 1.14. The van der Waals surface area contributed by atoms with E-state index in [0.29, 0.717) is 29.1 Å². The second kappa shape index (κ2) is 12.4. The van der Waals surface area contributed by atoms with Gasteiger partial charge in [0.1, 0.15) is 5.69 Å². The van der Waals surface area contributed by atoms with E-state index in [1.165, 1.54) is 30.2 Å². The van der Waals surface area contributed by atoms with Crippen molar-refractivity contribution >= 4 is 22.4 Å². The van der Waals surface area contributed by atoms with Crippen molar-refractivity contribution in [2.24, 2.45) is 0 Å². The van der Waals surface area contributed by atoms with Gasteiger partial charge in [0.15, 0.2) is 11.5 Å². The minimum atomic E-state index is -0.416. The van der Waals surface area contributed by atoms with Crippen molar-refractivity contribution < 1.29 is 9.47 Å². The standard InChI is InChI=1S/C28H31N3O4S/c1-3-4-5-6-7-11-16-35-23-15-14-21(18-24(23)34-2)19-25-27(33)31-28(36-25)29-26(32)22(30-31)17-20-12-9-8-10-13-20/h8-10,12-15,18-19H,3-7,11,16-17H2,1-2H3. The molecular formula is C28H31N3O4S. The van der Waals surface area contributed by atoms with Crippen LogP contribution in [0.4, 0.5) is 0 Å². The highest BCUT2D eigenvalue weighted by molar-refractivity contribution is 7.15. The average Bonchev–Trinajstić information content (AvgIpc) is 3.18. The van der Waals surface area contributed by atoms with Crippen molar-refractivity contribution in [2.75, 3.05) is 13.7 Å². The number of ether oxygens (including phenoxy) is 2. The minimum Gasteiger partial charge on any atom is -0.493 e. The van der Waals surface area contributed by atoms with E-state index < -0.39 is 5.56 Å². The fourth-order valence-corrected chi connectivity index (χ4v) is 4.85. The van der Waals surface area contributed by atoms with Crippen LogP contribution in [0.25, 0.3) is 11.0 Å². The lowest BCUT2D eigenvalue weighted by molar-refractivity contribution is 0.284. The molecule has 0 unspecified atom stereocenters. The van der Waals surface area contributed by atoms with E-state index in [1.807, 2.05) is 48.5 Å². The van der Waals surface area contributed by atoms with Crippen LogP contribution < -0.4 is 25.1 Å². The van der Waals surface area contributed by atoms with Gasteiger partial charge in [-0.3, -0.25) is 9.59 Å². The first-order valence-corrected chi connectivity index (χ1v) is 13.2. The van der Waals surface area contributed by atoms with Gasteiger partial charge < -0.3 is 9.47 Å². The van der Waals surface area contributed by atoms with Crippen molar-refractivity contribution in [3.63, 3.8) is 0 Å². The van der Waals surface area contributed by atoms with Crippen LogP contribution in [0.1, 0.15) is 62.3 Å². The van der Waals surface area contributed by atoms with Crippen molar-refractivity contribution in [1.82, 2.24) is 14.6 Å². The van der Waals surface area contributed by atoms with Crippen LogP contribution in [-0.2, 0) is 6.42 Å². The smallest absolute Gasteiger partial charge is 0.296 e. The molecule has 8 heteroatoms. The van der Waals surface area contributed by atoms with Crippen LogP contribution in [0.2, 0.25) is 0 Å². The fraction of sp³-hybridized carbons (Fsp3) is 0.357. The molecule has 4 rings (SSSR count). The molecule has 2 heterocycles. The molecule has 0 aliphatic heterocycles. The molecule has 0 atom stereocenters. The summed E-state index contributed by atoms with van der Waals surface area (Å²) in [6.45, 7) is 2.86. The molecule has 0 bridgehead atoms. The number of fused-ring (bicyclic) bond motifs is 1. The summed E-state index contributed by atoms with van der Waals surface area (Å²) in [5, 5.41) is 4.32. The van der Waals surface area contributed by atoms with Gasteiger partial charge in [-0.1, -0.05) is 86.8 Å². The lowest BCUT2D eigenvalue weighted by Gasteiger charge is -2.11. The van der Waals surface area contributed by atoms with Gasteiger partial charge in [-0.2, -0.15) is 14.6 Å². The quantitative estimate of drug-likeness (QED) is 0.266. The molecule has 0 spiro atoms. The Balaban J connectivity index is 1.52. The van der Waals surface area contributed by atoms with E-state index in [-0.39, 0.29) is 16.2 Å². The molecule has 0 fully saturated rings. The Labute approximate surface area is 214 Å². The number of thiazole rings is 1. The summed E-state index contributed by atoms with van der Waals surface area (Å²) in [6.07, 6.45) is 9.28. The summed E-state index contributed by atoms with van der Waals surface area (Å²) in [6, 6.07) is 15.1. The topological polar surface area (TPSA) is 82.8 Å². The van der Waals surface area contributed by atoms with Gasteiger partial charge in [0.05, 0.1) is 18.2 Å². The summed E-state index contributed by atoms with van der Waals surface area (Å²) in [7, 11) is 1.60. The zero-order chi connectivity index (χ0) is 25.3. The largest absolute Gasteiger partial charge is 0.493 e. The van der Waals surface area contributed by atoms with Gasteiger partial charge in [-0.15, -0.1) is 0 Å². The molecule has 7 nitrogen and oxygen atoms in total. The van der Waals surface area contributed by atoms with Crippen molar-refractivity contribution in [1.29, 1.82) is 0 Å². The molecular weight excluding hydrogens is 474 g/mol. The Hall–Kier alpha value is -3.52. The van der Waals surface area contributed by atoms with Gasteiger partial charge in [0, 0.05) is 6.42 Å². The summed E-state index contributed by atoms with van der Waals surface area (Å²) in [5.41, 5.74) is 1.24. The lowest BCUT2D eigenvalue weighted by Crippen LogP contribution is -2.28. The van der Waals surface area contributed by atoms with Crippen LogP contribution in [0.3, 0.4) is 0 Å². The molecule has 2 aromatic heterocycles. The van der Waals surface area contributed by atoms with Crippen molar-refractivity contribution in [2.45, 2.75) is 51.9 Å². The maximum absolute atomic E-state index is 13.0. The minimum absolute atomic E-state index is 0.244. The molecule has 0 aliphatic rings. The third-order valence-electron chi connectivity index (χ3n) is 5.91. The maximum atomic E-state index is 13.0. The Morgan fingerprint density at radius 2 is 1.75 bits per heavy atom. The number of benzene rings is 2. The third-order valence-corrected chi connectivity index (χ3v) is 6.86. The molecule has 188 valence electrons. The Morgan fingerprint density at radius 3 is 2.53 bits per heavy atom. The van der Waals surface area contributed by atoms with Gasteiger partial charge in [0.25, 0.3) is 11.1 Å². The lowest BCUT2D eigenvalue weighted by atomic mass is 10.1. The van der Waals surface area contributed by atoms with E-state index in [4.69, 9.17) is 9.47 Å². The van der Waals surface area contributed by atoms with Crippen LogP contribution in [0.15, 0.2) is 58.1 Å². The molecule has 0 radical (unpaired) electrons. The van der Waals surface area contributed by atoms with Crippen molar-refractivity contribution in [3.05, 3.63) is 90.6 Å². The predicted octanol–water partition coefficient (Wildman–Crippen LogP) is 4.40. The van der Waals surface area contributed by atoms with E-state index in [9.17, 15) is 9.59 Å². The SMILES string of the molecule is CCCCCCCCOc1ccc(C=c2sc3nc(=O)c(Cc4ccccc4)nn3c2=O)cc1OC. The molecule has 0 aliphatic carbocycles. The molecule has 2 aromatic carbocycles. The predicted molar refractivity (Wildman–Crippen MR) is 143 cm³/mol. The van der Waals surface area contributed by atoms with E-state index in [0.717, 1.165) is 35.3 Å². The molecule has 0 amide bonds. The Morgan fingerprint density at radius 1 is 0.972 bits per heavy atom. The molecule has 0 N–H and O–H groups in total. The number of rotatable bonds is 12.